The first-order valence-electron chi connectivity index (χ1n) is 5.26. The number of nitrogens with one attached hydrogen (secondary N) is 1. The Morgan fingerprint density at radius 1 is 1.72 bits per heavy atom. The fraction of sp³-hybridized carbons (Fsp3) is 0.500. The van der Waals surface area contributed by atoms with E-state index in [9.17, 15) is 9.90 Å². The second kappa shape index (κ2) is 6.44. The third kappa shape index (κ3) is 3.49. The summed E-state index contributed by atoms with van der Waals surface area (Å²) in [5.74, 6) is -0.723. The number of azide groups is 1. The van der Waals surface area contributed by atoms with Crippen LogP contribution in [0.1, 0.15) is 19.1 Å². The third-order valence-corrected chi connectivity index (χ3v) is 2.90. The van der Waals surface area contributed by atoms with Crippen LogP contribution in [-0.4, -0.2) is 24.2 Å². The molecule has 0 saturated carbocycles. The largest absolute Gasteiger partial charge is 0.480 e. The van der Waals surface area contributed by atoms with Gasteiger partial charge >= 0.3 is 5.97 Å². The normalized spacial score (nSPS) is 13.7. The van der Waals surface area contributed by atoms with Gasteiger partial charge in [0.1, 0.15) is 5.76 Å². The predicted octanol–water partition coefficient (Wildman–Crippen LogP) is 2.63. The van der Waals surface area contributed by atoms with E-state index in [0.717, 1.165) is 0 Å². The molecule has 0 amide bonds. The lowest BCUT2D eigenvalue weighted by Gasteiger charge is -2.23. The molecule has 0 bridgehead atoms. The summed E-state index contributed by atoms with van der Waals surface area (Å²) in [5.41, 5.74) is 6.81. The van der Waals surface area contributed by atoms with Gasteiger partial charge < -0.3 is 9.52 Å². The Labute approximate surface area is 112 Å². The van der Waals surface area contributed by atoms with Gasteiger partial charge in [-0.3, -0.25) is 5.32 Å². The van der Waals surface area contributed by atoms with Crippen molar-refractivity contribution in [1.82, 2.24) is 5.32 Å². The van der Waals surface area contributed by atoms with Crippen molar-refractivity contribution < 1.29 is 14.3 Å². The Balaban J connectivity index is 2.69. The first-order chi connectivity index (χ1) is 8.50. The van der Waals surface area contributed by atoms with E-state index in [-0.39, 0.29) is 0 Å². The van der Waals surface area contributed by atoms with E-state index in [1.807, 2.05) is 0 Å². The highest BCUT2D eigenvalue weighted by molar-refractivity contribution is 9.10. The summed E-state index contributed by atoms with van der Waals surface area (Å²) in [6.07, 6.45) is 0.550. The van der Waals surface area contributed by atoms with Gasteiger partial charge in [0.2, 0.25) is 0 Å². The predicted molar refractivity (Wildman–Crippen MR) is 68.0 cm³/mol. The Morgan fingerprint density at radius 3 is 2.94 bits per heavy atom. The molecule has 18 heavy (non-hydrogen) atoms. The molecule has 1 heterocycles. The Hall–Kier alpha value is -1.50. The number of hydrogen-bond acceptors (Lipinski definition) is 4. The lowest BCUT2D eigenvalue weighted by atomic mass is 9.99. The van der Waals surface area contributed by atoms with E-state index in [0.29, 0.717) is 29.9 Å². The molecule has 1 aromatic heterocycles. The number of carboxylic acids is 1. The monoisotopic (exact) mass is 316 g/mol. The summed E-state index contributed by atoms with van der Waals surface area (Å²) in [7, 11) is 0. The van der Waals surface area contributed by atoms with E-state index >= 15 is 0 Å². The number of carbonyl (C=O) groups is 1. The van der Waals surface area contributed by atoms with Crippen molar-refractivity contribution in [3.05, 3.63) is 33.0 Å². The van der Waals surface area contributed by atoms with Gasteiger partial charge in [0.05, 0.1) is 0 Å². The number of hydrogen-bond donors (Lipinski definition) is 2. The molecule has 2 N–H and O–H groups in total. The van der Waals surface area contributed by atoms with Gasteiger partial charge in [-0.25, -0.2) is 4.79 Å². The molecule has 0 aliphatic heterocycles. The van der Waals surface area contributed by atoms with Crippen LogP contribution in [0.4, 0.5) is 0 Å². The average Bonchev–Trinajstić information content (AvgIpc) is 2.75. The molecule has 0 aliphatic rings. The molecule has 98 valence electrons. The fourth-order valence-corrected chi connectivity index (χ4v) is 1.69. The van der Waals surface area contributed by atoms with Crippen LogP contribution in [0.25, 0.3) is 10.4 Å². The van der Waals surface area contributed by atoms with Crippen LogP contribution >= 0.6 is 15.9 Å². The zero-order chi connectivity index (χ0) is 13.6. The summed E-state index contributed by atoms with van der Waals surface area (Å²) >= 11 is 3.13. The van der Waals surface area contributed by atoms with Crippen molar-refractivity contribution in [2.45, 2.75) is 18.9 Å². The van der Waals surface area contributed by atoms with Crippen LogP contribution < -0.4 is 5.32 Å². The molecule has 0 fully saturated rings. The number of furan rings is 1. The van der Waals surface area contributed by atoms with E-state index in [4.69, 9.17) is 9.95 Å². The highest BCUT2D eigenvalue weighted by Crippen LogP contribution is 2.25. The average molecular weight is 317 g/mol. The summed E-state index contributed by atoms with van der Waals surface area (Å²) in [6.45, 7) is 2.25. The van der Waals surface area contributed by atoms with Gasteiger partial charge in [0.25, 0.3) is 0 Å². The van der Waals surface area contributed by atoms with Crippen LogP contribution in [0.5, 0.6) is 0 Å². The molecule has 0 aliphatic carbocycles. The number of nitrogens with zero attached hydrogens (tertiary/aromatic N) is 3. The summed E-state index contributed by atoms with van der Waals surface area (Å²) in [4.78, 5) is 14.0. The van der Waals surface area contributed by atoms with Crippen molar-refractivity contribution in [3.8, 4) is 0 Å². The van der Waals surface area contributed by atoms with E-state index in [1.54, 1.807) is 12.1 Å². The van der Waals surface area contributed by atoms with Crippen molar-refractivity contribution in [3.63, 3.8) is 0 Å². The van der Waals surface area contributed by atoms with Gasteiger partial charge in [-0.2, -0.15) is 0 Å². The lowest BCUT2D eigenvalue weighted by molar-refractivity contribution is -0.145. The van der Waals surface area contributed by atoms with Crippen LogP contribution in [0.3, 0.4) is 0 Å². The third-order valence-electron chi connectivity index (χ3n) is 2.47. The molecule has 1 aromatic rings. The van der Waals surface area contributed by atoms with Gasteiger partial charge in [-0.1, -0.05) is 5.11 Å². The smallest absolute Gasteiger partial charge is 0.331 e. The number of halogens is 1. The van der Waals surface area contributed by atoms with Crippen molar-refractivity contribution >= 4 is 21.9 Å². The second-order valence-electron chi connectivity index (χ2n) is 3.77. The standard InChI is InChI=1S/C10H13BrN4O3/c1-10(9(16)17,7-3-4-8(11)18-7)13-5-2-6-14-15-12/h3-4,13H,2,5-6H2,1H3,(H,16,17). The summed E-state index contributed by atoms with van der Waals surface area (Å²) in [6, 6.07) is 3.23. The fourth-order valence-electron chi connectivity index (χ4n) is 1.38. The molecular formula is C10H13BrN4O3. The quantitative estimate of drug-likeness (QED) is 0.348. The summed E-state index contributed by atoms with van der Waals surface area (Å²) in [5, 5.41) is 15.5. The topological polar surface area (TPSA) is 111 Å². The molecule has 0 aromatic carbocycles. The van der Waals surface area contributed by atoms with Crippen LogP contribution in [0.2, 0.25) is 0 Å². The molecule has 0 saturated heterocycles. The number of carboxylic acid groups (broad SMARTS) is 1. The zero-order valence-electron chi connectivity index (χ0n) is 9.76. The van der Waals surface area contributed by atoms with Crippen molar-refractivity contribution in [1.29, 1.82) is 0 Å². The number of aliphatic carboxylic acids is 1. The van der Waals surface area contributed by atoms with E-state index < -0.39 is 11.5 Å². The molecule has 1 unspecified atom stereocenters. The Bertz CT molecular complexity index is 469. The first kappa shape index (κ1) is 14.6. The lowest BCUT2D eigenvalue weighted by Crippen LogP contribution is -2.46. The Kier molecular flexibility index (Phi) is 5.21. The molecular weight excluding hydrogens is 304 g/mol. The van der Waals surface area contributed by atoms with Crippen molar-refractivity contribution in [2.24, 2.45) is 5.11 Å². The minimum absolute atomic E-state index is 0.311. The van der Waals surface area contributed by atoms with Gasteiger partial charge in [0.15, 0.2) is 10.2 Å². The zero-order valence-corrected chi connectivity index (χ0v) is 11.3. The van der Waals surface area contributed by atoms with Gasteiger partial charge in [-0.05, 0) is 53.5 Å². The minimum Gasteiger partial charge on any atom is -0.480 e. The highest BCUT2D eigenvalue weighted by Gasteiger charge is 2.37. The van der Waals surface area contributed by atoms with Gasteiger partial charge in [-0.15, -0.1) is 0 Å². The summed E-state index contributed by atoms with van der Waals surface area (Å²) < 4.78 is 5.75. The maximum absolute atomic E-state index is 11.3. The first-order valence-corrected chi connectivity index (χ1v) is 6.05. The molecule has 8 heteroatoms. The molecule has 0 radical (unpaired) electrons. The van der Waals surface area contributed by atoms with Gasteiger partial charge in [0, 0.05) is 11.5 Å². The van der Waals surface area contributed by atoms with Crippen LogP contribution in [-0.2, 0) is 10.3 Å². The maximum atomic E-state index is 11.3. The molecule has 1 atom stereocenters. The number of rotatable bonds is 7. The van der Waals surface area contributed by atoms with E-state index in [1.165, 1.54) is 6.92 Å². The van der Waals surface area contributed by atoms with E-state index in [2.05, 4.69) is 31.3 Å². The second-order valence-corrected chi connectivity index (χ2v) is 4.55. The molecule has 1 rings (SSSR count). The molecule has 7 nitrogen and oxygen atoms in total. The SMILES string of the molecule is CC(NCCCN=[N+]=[N-])(C(=O)O)c1ccc(Br)o1. The molecule has 0 spiro atoms. The highest BCUT2D eigenvalue weighted by atomic mass is 79.9. The minimum atomic E-state index is -1.30. The maximum Gasteiger partial charge on any atom is 0.331 e. The Morgan fingerprint density at radius 2 is 2.44 bits per heavy atom. The van der Waals surface area contributed by atoms with Crippen LogP contribution in [0.15, 0.2) is 26.3 Å². The van der Waals surface area contributed by atoms with Crippen LogP contribution in [0, 0.1) is 0 Å². The van der Waals surface area contributed by atoms with Crippen molar-refractivity contribution in [2.75, 3.05) is 13.1 Å².